The Balaban J connectivity index is 2.13. The number of thioether (sulfide) groups is 1. The minimum absolute atomic E-state index is 0.154. The summed E-state index contributed by atoms with van der Waals surface area (Å²) in [5.74, 6) is 2.42. The molecule has 1 rings (SSSR count). The first-order chi connectivity index (χ1) is 6.20. The molecule has 1 aliphatic rings. The number of nitrogens with two attached hydrogens (primary N) is 1. The molecular formula is C8H14N2OS2. The molecule has 1 fully saturated rings. The maximum atomic E-state index is 11.4. The van der Waals surface area contributed by atoms with E-state index in [4.69, 9.17) is 18.0 Å². The summed E-state index contributed by atoms with van der Waals surface area (Å²) in [5, 5.41) is 2.84. The van der Waals surface area contributed by atoms with E-state index < -0.39 is 0 Å². The maximum Gasteiger partial charge on any atom is 0.223 e. The Morgan fingerprint density at radius 3 is 3.00 bits per heavy atom. The van der Waals surface area contributed by atoms with Crippen molar-refractivity contribution in [3.63, 3.8) is 0 Å². The minimum atomic E-state index is 0.154. The normalized spacial score (nSPS) is 21.4. The first-order valence-electron chi connectivity index (χ1n) is 4.34. The standard InChI is InChI=1S/C8H14N2OS2/c9-7(12)1-3-10-8(11)6-2-4-13-5-6/h6H,1-5H2,(H2,9,12)(H,10,11). The molecule has 0 spiro atoms. The van der Waals surface area contributed by atoms with Gasteiger partial charge in [0.1, 0.15) is 0 Å². The van der Waals surface area contributed by atoms with E-state index >= 15 is 0 Å². The Morgan fingerprint density at radius 1 is 1.69 bits per heavy atom. The number of rotatable bonds is 4. The highest BCUT2D eigenvalue weighted by molar-refractivity contribution is 7.99. The highest BCUT2D eigenvalue weighted by atomic mass is 32.2. The number of carbonyl (C=O) groups excluding carboxylic acids is 1. The fourth-order valence-corrected chi connectivity index (χ4v) is 2.52. The monoisotopic (exact) mass is 218 g/mol. The van der Waals surface area contributed by atoms with Crippen LogP contribution < -0.4 is 11.1 Å². The largest absolute Gasteiger partial charge is 0.393 e. The molecule has 0 bridgehead atoms. The van der Waals surface area contributed by atoms with Gasteiger partial charge in [0.15, 0.2) is 0 Å². The first kappa shape index (κ1) is 10.8. The smallest absolute Gasteiger partial charge is 0.223 e. The van der Waals surface area contributed by atoms with Gasteiger partial charge in [0, 0.05) is 24.6 Å². The van der Waals surface area contributed by atoms with Gasteiger partial charge in [-0.1, -0.05) is 12.2 Å². The molecule has 1 unspecified atom stereocenters. The fourth-order valence-electron chi connectivity index (χ4n) is 1.19. The molecule has 3 nitrogen and oxygen atoms in total. The van der Waals surface area contributed by atoms with Crippen LogP contribution in [0.3, 0.4) is 0 Å². The van der Waals surface area contributed by atoms with Crippen molar-refractivity contribution in [1.29, 1.82) is 0 Å². The SMILES string of the molecule is NC(=S)CCNC(=O)C1CCSC1. The third-order valence-corrected chi connectivity index (χ3v) is 3.34. The quantitative estimate of drug-likeness (QED) is 0.676. The van der Waals surface area contributed by atoms with Gasteiger partial charge in [0.05, 0.1) is 4.99 Å². The van der Waals surface area contributed by atoms with Gasteiger partial charge in [-0.25, -0.2) is 0 Å². The Kier molecular flexibility index (Phi) is 4.52. The summed E-state index contributed by atoms with van der Waals surface area (Å²) in [7, 11) is 0. The van der Waals surface area contributed by atoms with Crippen LogP contribution in [0.2, 0.25) is 0 Å². The van der Waals surface area contributed by atoms with E-state index in [0.717, 1.165) is 17.9 Å². The zero-order valence-electron chi connectivity index (χ0n) is 7.41. The van der Waals surface area contributed by atoms with E-state index in [2.05, 4.69) is 5.32 Å². The molecule has 0 aromatic carbocycles. The lowest BCUT2D eigenvalue weighted by Gasteiger charge is -2.08. The Labute approximate surface area is 87.8 Å². The van der Waals surface area contributed by atoms with Crippen LogP contribution in [0.15, 0.2) is 0 Å². The molecule has 5 heteroatoms. The van der Waals surface area contributed by atoms with E-state index in [1.807, 2.05) is 11.8 Å². The van der Waals surface area contributed by atoms with E-state index in [1.165, 1.54) is 0 Å². The molecular weight excluding hydrogens is 204 g/mol. The fraction of sp³-hybridized carbons (Fsp3) is 0.750. The number of hydrogen-bond acceptors (Lipinski definition) is 3. The van der Waals surface area contributed by atoms with Gasteiger partial charge in [-0.15, -0.1) is 0 Å². The molecule has 0 aromatic heterocycles. The lowest BCUT2D eigenvalue weighted by molar-refractivity contribution is -0.124. The lowest BCUT2D eigenvalue weighted by Crippen LogP contribution is -2.32. The predicted octanol–water partition coefficient (Wildman–Crippen LogP) is 0.532. The molecule has 1 aliphatic heterocycles. The molecule has 74 valence electrons. The molecule has 1 atom stereocenters. The summed E-state index contributed by atoms with van der Waals surface area (Å²) in [6.45, 7) is 0.579. The summed E-state index contributed by atoms with van der Waals surface area (Å²) >= 11 is 6.54. The van der Waals surface area contributed by atoms with Gasteiger partial charge in [0.25, 0.3) is 0 Å². The van der Waals surface area contributed by atoms with Crippen molar-refractivity contribution in [2.45, 2.75) is 12.8 Å². The molecule has 13 heavy (non-hydrogen) atoms. The predicted molar refractivity (Wildman–Crippen MR) is 59.8 cm³/mol. The van der Waals surface area contributed by atoms with Crippen LogP contribution in [0.25, 0.3) is 0 Å². The zero-order valence-corrected chi connectivity index (χ0v) is 9.05. The maximum absolute atomic E-state index is 11.4. The topological polar surface area (TPSA) is 55.1 Å². The second-order valence-electron chi connectivity index (χ2n) is 3.07. The third kappa shape index (κ3) is 3.95. The molecule has 0 saturated carbocycles. The summed E-state index contributed by atoms with van der Waals surface area (Å²) in [5.41, 5.74) is 5.31. The van der Waals surface area contributed by atoms with Crippen molar-refractivity contribution >= 4 is 34.9 Å². The van der Waals surface area contributed by atoms with Crippen LogP contribution in [0.1, 0.15) is 12.8 Å². The summed E-state index contributed by atoms with van der Waals surface area (Å²) in [4.78, 5) is 11.9. The molecule has 3 N–H and O–H groups in total. The molecule has 0 aliphatic carbocycles. The van der Waals surface area contributed by atoms with E-state index in [9.17, 15) is 4.79 Å². The summed E-state index contributed by atoms with van der Waals surface area (Å²) < 4.78 is 0. The number of hydrogen-bond donors (Lipinski definition) is 2. The average molecular weight is 218 g/mol. The van der Waals surface area contributed by atoms with Crippen molar-refractivity contribution in [2.75, 3.05) is 18.1 Å². The molecule has 1 heterocycles. The summed E-state index contributed by atoms with van der Waals surface area (Å²) in [6, 6.07) is 0. The van der Waals surface area contributed by atoms with E-state index in [0.29, 0.717) is 18.0 Å². The van der Waals surface area contributed by atoms with Gasteiger partial charge in [0.2, 0.25) is 5.91 Å². The van der Waals surface area contributed by atoms with Crippen LogP contribution in [-0.4, -0.2) is 28.9 Å². The van der Waals surface area contributed by atoms with E-state index in [1.54, 1.807) is 0 Å². The van der Waals surface area contributed by atoms with Crippen LogP contribution in [0, 0.1) is 5.92 Å². The summed E-state index contributed by atoms with van der Waals surface area (Å²) in [6.07, 6.45) is 1.60. The van der Waals surface area contributed by atoms with Gasteiger partial charge >= 0.3 is 0 Å². The number of amides is 1. The lowest BCUT2D eigenvalue weighted by atomic mass is 10.1. The molecule has 1 amide bonds. The van der Waals surface area contributed by atoms with Crippen LogP contribution in [0.4, 0.5) is 0 Å². The van der Waals surface area contributed by atoms with Crippen molar-refractivity contribution in [1.82, 2.24) is 5.32 Å². The van der Waals surface area contributed by atoms with Crippen molar-refractivity contribution < 1.29 is 4.79 Å². The van der Waals surface area contributed by atoms with Gasteiger partial charge in [-0.2, -0.15) is 11.8 Å². The van der Waals surface area contributed by atoms with E-state index in [-0.39, 0.29) is 11.8 Å². The number of thiocarbonyl (C=S) groups is 1. The second-order valence-corrected chi connectivity index (χ2v) is 4.74. The Bertz CT molecular complexity index is 202. The number of nitrogens with one attached hydrogen (secondary N) is 1. The third-order valence-electron chi connectivity index (χ3n) is 1.97. The van der Waals surface area contributed by atoms with Crippen LogP contribution in [-0.2, 0) is 4.79 Å². The van der Waals surface area contributed by atoms with Gasteiger partial charge < -0.3 is 11.1 Å². The van der Waals surface area contributed by atoms with Gasteiger partial charge in [-0.3, -0.25) is 4.79 Å². The van der Waals surface area contributed by atoms with Crippen molar-refractivity contribution in [3.8, 4) is 0 Å². The van der Waals surface area contributed by atoms with Crippen molar-refractivity contribution in [2.24, 2.45) is 11.7 Å². The number of carbonyl (C=O) groups is 1. The zero-order chi connectivity index (χ0) is 9.68. The molecule has 0 radical (unpaired) electrons. The molecule has 1 saturated heterocycles. The molecule has 0 aromatic rings. The average Bonchev–Trinajstić information content (AvgIpc) is 2.55. The van der Waals surface area contributed by atoms with Crippen LogP contribution in [0.5, 0.6) is 0 Å². The first-order valence-corrected chi connectivity index (χ1v) is 5.90. The minimum Gasteiger partial charge on any atom is -0.393 e. The highest BCUT2D eigenvalue weighted by Gasteiger charge is 2.22. The highest BCUT2D eigenvalue weighted by Crippen LogP contribution is 2.23. The Hall–Kier alpha value is -0.290. The van der Waals surface area contributed by atoms with Crippen LogP contribution >= 0.6 is 24.0 Å². The Morgan fingerprint density at radius 2 is 2.46 bits per heavy atom. The van der Waals surface area contributed by atoms with Gasteiger partial charge in [-0.05, 0) is 12.2 Å². The second kappa shape index (κ2) is 5.44. The van der Waals surface area contributed by atoms with Crippen molar-refractivity contribution in [3.05, 3.63) is 0 Å².